The van der Waals surface area contributed by atoms with Crippen molar-refractivity contribution >= 4 is 11.5 Å². The molecule has 0 aliphatic heterocycles. The fraction of sp³-hybridized carbons (Fsp3) is 0.214. The van der Waals surface area contributed by atoms with Gasteiger partial charge in [0.05, 0.1) is 0 Å². The largest absolute Gasteiger partial charge is 0.340 e. The molecule has 0 spiro atoms. The molecule has 1 fully saturated rings. The van der Waals surface area contributed by atoms with Crippen molar-refractivity contribution in [3.63, 3.8) is 0 Å². The molecule has 0 atom stereocenters. The second-order valence-electron chi connectivity index (χ2n) is 4.24. The van der Waals surface area contributed by atoms with Crippen LogP contribution in [0.5, 0.6) is 0 Å². The monoisotopic (exact) mass is 210 g/mol. The van der Waals surface area contributed by atoms with Gasteiger partial charge in [-0.05, 0) is 48.6 Å². The van der Waals surface area contributed by atoms with E-state index in [4.69, 9.17) is 0 Å². The average Bonchev–Trinajstić information content (AvgIpc) is 3.15. The van der Waals surface area contributed by atoms with E-state index in [1.165, 1.54) is 18.4 Å². The molecule has 2 aromatic rings. The zero-order chi connectivity index (χ0) is 10.8. The highest BCUT2D eigenvalue weighted by Gasteiger charge is 2.23. The molecule has 3 rings (SSSR count). The topological polar surface area (TPSA) is 24.9 Å². The number of hydrogen-bond acceptors (Lipinski definition) is 2. The molecule has 1 N–H and O–H groups in total. The Labute approximate surface area is 95.3 Å². The van der Waals surface area contributed by atoms with Gasteiger partial charge in [0.1, 0.15) is 5.82 Å². The number of benzene rings is 1. The van der Waals surface area contributed by atoms with Gasteiger partial charge in [-0.25, -0.2) is 4.98 Å². The van der Waals surface area contributed by atoms with Crippen molar-refractivity contribution in [2.75, 3.05) is 5.32 Å². The smallest absolute Gasteiger partial charge is 0.130 e. The molecule has 2 heteroatoms. The molecule has 1 aromatic heterocycles. The molecule has 1 saturated carbocycles. The summed E-state index contributed by atoms with van der Waals surface area (Å²) >= 11 is 0. The number of nitrogens with one attached hydrogen (secondary N) is 1. The molecule has 1 heterocycles. The van der Waals surface area contributed by atoms with Crippen LogP contribution < -0.4 is 5.32 Å². The standard InChI is InChI=1S/C14H14N2/c1-2-4-13(5-3-1)16-14-10-12(8-9-15-14)11-6-7-11/h1-5,8-11H,6-7H2,(H,15,16). The van der Waals surface area contributed by atoms with Crippen molar-refractivity contribution in [2.24, 2.45) is 0 Å². The van der Waals surface area contributed by atoms with Crippen LogP contribution in [0.4, 0.5) is 11.5 Å². The molecule has 0 bridgehead atoms. The second-order valence-corrected chi connectivity index (χ2v) is 4.24. The van der Waals surface area contributed by atoms with Gasteiger partial charge in [-0.15, -0.1) is 0 Å². The molecule has 0 amide bonds. The van der Waals surface area contributed by atoms with E-state index in [0.717, 1.165) is 17.4 Å². The highest BCUT2D eigenvalue weighted by molar-refractivity contribution is 5.56. The molecular weight excluding hydrogens is 196 g/mol. The Morgan fingerprint density at radius 2 is 1.88 bits per heavy atom. The lowest BCUT2D eigenvalue weighted by Crippen LogP contribution is -1.93. The average molecular weight is 210 g/mol. The van der Waals surface area contributed by atoms with Crippen molar-refractivity contribution in [1.82, 2.24) is 4.98 Å². The van der Waals surface area contributed by atoms with Gasteiger partial charge in [0, 0.05) is 11.9 Å². The molecule has 0 radical (unpaired) electrons. The lowest BCUT2D eigenvalue weighted by Gasteiger charge is -2.06. The third-order valence-corrected chi connectivity index (χ3v) is 2.88. The van der Waals surface area contributed by atoms with E-state index >= 15 is 0 Å². The Hall–Kier alpha value is -1.83. The van der Waals surface area contributed by atoms with Crippen LogP contribution in [-0.2, 0) is 0 Å². The molecule has 2 nitrogen and oxygen atoms in total. The Morgan fingerprint density at radius 1 is 1.06 bits per heavy atom. The Bertz CT molecular complexity index is 475. The maximum atomic E-state index is 4.33. The van der Waals surface area contributed by atoms with Crippen LogP contribution >= 0.6 is 0 Å². The predicted molar refractivity (Wildman–Crippen MR) is 65.9 cm³/mol. The molecule has 80 valence electrons. The number of nitrogens with zero attached hydrogens (tertiary/aromatic N) is 1. The van der Waals surface area contributed by atoms with Crippen molar-refractivity contribution < 1.29 is 0 Å². The Kier molecular flexibility index (Phi) is 2.33. The highest BCUT2D eigenvalue weighted by Crippen LogP contribution is 2.40. The van der Waals surface area contributed by atoms with Crippen molar-refractivity contribution in [3.05, 3.63) is 54.2 Å². The molecule has 0 unspecified atom stereocenters. The minimum Gasteiger partial charge on any atom is -0.340 e. The second kappa shape index (κ2) is 3.97. The number of aromatic nitrogens is 1. The third kappa shape index (κ3) is 2.06. The zero-order valence-corrected chi connectivity index (χ0v) is 9.06. The summed E-state index contributed by atoms with van der Waals surface area (Å²) in [7, 11) is 0. The van der Waals surface area contributed by atoms with Gasteiger partial charge in [0.2, 0.25) is 0 Å². The van der Waals surface area contributed by atoms with Crippen LogP contribution in [0.1, 0.15) is 24.3 Å². The molecule has 16 heavy (non-hydrogen) atoms. The summed E-state index contributed by atoms with van der Waals surface area (Å²) in [4.78, 5) is 4.33. The summed E-state index contributed by atoms with van der Waals surface area (Å²) in [6.45, 7) is 0. The van der Waals surface area contributed by atoms with Gasteiger partial charge in [-0.3, -0.25) is 0 Å². The minimum absolute atomic E-state index is 0.777. The van der Waals surface area contributed by atoms with Crippen LogP contribution in [0.15, 0.2) is 48.7 Å². The number of anilines is 2. The number of hydrogen-bond donors (Lipinski definition) is 1. The summed E-state index contributed by atoms with van der Waals surface area (Å²) in [5, 5.41) is 3.32. The first-order valence-electron chi connectivity index (χ1n) is 5.70. The normalized spacial score (nSPS) is 14.8. The predicted octanol–water partition coefficient (Wildman–Crippen LogP) is 3.70. The first-order chi connectivity index (χ1) is 7.92. The van der Waals surface area contributed by atoms with E-state index in [2.05, 4.69) is 22.4 Å². The Morgan fingerprint density at radius 3 is 2.62 bits per heavy atom. The van der Waals surface area contributed by atoms with Crippen molar-refractivity contribution in [1.29, 1.82) is 0 Å². The van der Waals surface area contributed by atoms with Crippen LogP contribution in [0, 0.1) is 0 Å². The van der Waals surface area contributed by atoms with Gasteiger partial charge in [0.25, 0.3) is 0 Å². The fourth-order valence-electron chi connectivity index (χ4n) is 1.86. The molecule has 1 aliphatic rings. The van der Waals surface area contributed by atoms with E-state index in [9.17, 15) is 0 Å². The van der Waals surface area contributed by atoms with Crippen LogP contribution in [0.2, 0.25) is 0 Å². The molecule has 1 aromatic carbocycles. The first kappa shape index (κ1) is 9.40. The van der Waals surface area contributed by atoms with Crippen LogP contribution in [0.3, 0.4) is 0 Å². The SMILES string of the molecule is c1ccc(Nc2cc(C3CC3)ccn2)cc1. The number of para-hydroxylation sites is 1. The highest BCUT2D eigenvalue weighted by atomic mass is 15.0. The maximum Gasteiger partial charge on any atom is 0.130 e. The first-order valence-corrected chi connectivity index (χ1v) is 5.70. The van der Waals surface area contributed by atoms with Gasteiger partial charge < -0.3 is 5.32 Å². The van der Waals surface area contributed by atoms with E-state index < -0.39 is 0 Å². The van der Waals surface area contributed by atoms with Gasteiger partial charge in [0.15, 0.2) is 0 Å². The van der Waals surface area contributed by atoms with Gasteiger partial charge >= 0.3 is 0 Å². The quantitative estimate of drug-likeness (QED) is 0.835. The van der Waals surface area contributed by atoms with E-state index in [1.807, 2.05) is 36.5 Å². The lowest BCUT2D eigenvalue weighted by molar-refractivity contribution is 1.11. The third-order valence-electron chi connectivity index (χ3n) is 2.88. The summed E-state index contributed by atoms with van der Waals surface area (Å²) in [6.07, 6.45) is 4.54. The van der Waals surface area contributed by atoms with Gasteiger partial charge in [-0.1, -0.05) is 18.2 Å². The minimum atomic E-state index is 0.777. The summed E-state index contributed by atoms with van der Waals surface area (Å²) < 4.78 is 0. The fourth-order valence-corrected chi connectivity index (χ4v) is 1.86. The number of pyridine rings is 1. The van der Waals surface area contributed by atoms with Gasteiger partial charge in [-0.2, -0.15) is 0 Å². The lowest BCUT2D eigenvalue weighted by atomic mass is 10.2. The maximum absolute atomic E-state index is 4.33. The van der Waals surface area contributed by atoms with E-state index in [1.54, 1.807) is 0 Å². The van der Waals surface area contributed by atoms with E-state index in [0.29, 0.717) is 0 Å². The molecule has 1 aliphatic carbocycles. The van der Waals surface area contributed by atoms with E-state index in [-0.39, 0.29) is 0 Å². The summed E-state index contributed by atoms with van der Waals surface area (Å²) in [6, 6.07) is 14.4. The zero-order valence-electron chi connectivity index (χ0n) is 9.06. The summed E-state index contributed by atoms with van der Waals surface area (Å²) in [5.74, 6) is 1.72. The van der Waals surface area contributed by atoms with Crippen molar-refractivity contribution in [3.8, 4) is 0 Å². The molecule has 0 saturated heterocycles. The van der Waals surface area contributed by atoms with Crippen LogP contribution in [-0.4, -0.2) is 4.98 Å². The summed E-state index contributed by atoms with van der Waals surface area (Å²) in [5.41, 5.74) is 2.50. The Balaban J connectivity index is 1.81. The van der Waals surface area contributed by atoms with Crippen molar-refractivity contribution in [2.45, 2.75) is 18.8 Å². The van der Waals surface area contributed by atoms with Crippen LogP contribution in [0.25, 0.3) is 0 Å². The molecular formula is C14H14N2. The number of rotatable bonds is 3.